The summed E-state index contributed by atoms with van der Waals surface area (Å²) < 4.78 is 0. The lowest BCUT2D eigenvalue weighted by Gasteiger charge is -2.25. The van der Waals surface area contributed by atoms with Crippen molar-refractivity contribution < 1.29 is 4.79 Å². The third-order valence-corrected chi connectivity index (χ3v) is 3.70. The third kappa shape index (κ3) is 7.28. The van der Waals surface area contributed by atoms with E-state index in [4.69, 9.17) is 0 Å². The Morgan fingerprint density at radius 2 is 1.90 bits per heavy atom. The summed E-state index contributed by atoms with van der Waals surface area (Å²) in [7, 11) is 0. The second kappa shape index (κ2) is 8.83. The highest BCUT2D eigenvalue weighted by Gasteiger charge is 2.16. The number of carbonyl (C=O) groups is 1. The minimum atomic E-state index is -0.0256. The monoisotopic (exact) mass is 290 g/mol. The number of unbranched alkanes of at least 4 members (excludes halogenated alkanes) is 2. The van der Waals surface area contributed by atoms with E-state index >= 15 is 0 Å². The van der Waals surface area contributed by atoms with Gasteiger partial charge in [0, 0.05) is 25.7 Å². The fourth-order valence-corrected chi connectivity index (χ4v) is 2.46. The van der Waals surface area contributed by atoms with Crippen LogP contribution in [-0.4, -0.2) is 12.5 Å². The van der Waals surface area contributed by atoms with E-state index in [1.165, 1.54) is 25.7 Å². The van der Waals surface area contributed by atoms with Crippen molar-refractivity contribution in [1.82, 2.24) is 5.32 Å². The van der Waals surface area contributed by atoms with Gasteiger partial charge in [0.05, 0.1) is 0 Å². The molecule has 2 N–H and O–H groups in total. The molecule has 0 aliphatic carbocycles. The maximum atomic E-state index is 11.2. The SMILES string of the molecule is CCCCCC(C)(C)CNCc1ccccc1NC(C)=O. The van der Waals surface area contributed by atoms with Gasteiger partial charge in [-0.25, -0.2) is 0 Å². The quantitative estimate of drug-likeness (QED) is 0.664. The van der Waals surface area contributed by atoms with Crippen LogP contribution >= 0.6 is 0 Å². The maximum Gasteiger partial charge on any atom is 0.221 e. The molecular formula is C18H30N2O. The Hall–Kier alpha value is -1.35. The van der Waals surface area contributed by atoms with Gasteiger partial charge in [-0.2, -0.15) is 0 Å². The molecule has 1 rings (SSSR count). The maximum absolute atomic E-state index is 11.2. The van der Waals surface area contributed by atoms with Crippen LogP contribution in [0.4, 0.5) is 5.69 Å². The topological polar surface area (TPSA) is 41.1 Å². The normalized spacial score (nSPS) is 11.4. The molecule has 0 fully saturated rings. The second-order valence-corrected chi connectivity index (χ2v) is 6.56. The summed E-state index contributed by atoms with van der Waals surface area (Å²) in [6.07, 6.45) is 5.14. The van der Waals surface area contributed by atoms with Gasteiger partial charge in [-0.3, -0.25) is 4.79 Å². The van der Waals surface area contributed by atoms with Crippen molar-refractivity contribution in [3.05, 3.63) is 29.8 Å². The van der Waals surface area contributed by atoms with Crippen LogP contribution in [0.5, 0.6) is 0 Å². The third-order valence-electron chi connectivity index (χ3n) is 3.70. The molecule has 0 radical (unpaired) electrons. The van der Waals surface area contributed by atoms with E-state index in [0.29, 0.717) is 5.41 Å². The van der Waals surface area contributed by atoms with Gasteiger partial charge in [0.15, 0.2) is 0 Å². The van der Waals surface area contributed by atoms with E-state index in [9.17, 15) is 4.79 Å². The first-order chi connectivity index (χ1) is 9.94. The van der Waals surface area contributed by atoms with Crippen LogP contribution in [0.15, 0.2) is 24.3 Å². The molecule has 118 valence electrons. The molecule has 0 aromatic heterocycles. The summed E-state index contributed by atoms with van der Waals surface area (Å²) in [5, 5.41) is 6.42. The summed E-state index contributed by atoms with van der Waals surface area (Å²) in [6.45, 7) is 10.2. The Morgan fingerprint density at radius 1 is 1.19 bits per heavy atom. The zero-order chi connectivity index (χ0) is 15.7. The fraction of sp³-hybridized carbons (Fsp3) is 0.611. The fourth-order valence-electron chi connectivity index (χ4n) is 2.46. The zero-order valence-electron chi connectivity index (χ0n) is 14.0. The first-order valence-electron chi connectivity index (χ1n) is 8.01. The van der Waals surface area contributed by atoms with Crippen LogP contribution in [0.1, 0.15) is 58.9 Å². The van der Waals surface area contributed by atoms with Gasteiger partial charge < -0.3 is 10.6 Å². The number of nitrogens with one attached hydrogen (secondary N) is 2. The number of hydrogen-bond donors (Lipinski definition) is 2. The zero-order valence-corrected chi connectivity index (χ0v) is 14.0. The highest BCUT2D eigenvalue weighted by atomic mass is 16.1. The molecule has 0 saturated heterocycles. The molecule has 21 heavy (non-hydrogen) atoms. The molecule has 1 aromatic rings. The van der Waals surface area contributed by atoms with Gasteiger partial charge in [0.2, 0.25) is 5.91 Å². The van der Waals surface area contributed by atoms with Crippen molar-refractivity contribution in [1.29, 1.82) is 0 Å². The van der Waals surface area contributed by atoms with Crippen molar-refractivity contribution in [3.63, 3.8) is 0 Å². The molecular weight excluding hydrogens is 260 g/mol. The molecule has 3 heteroatoms. The minimum absolute atomic E-state index is 0.0256. The minimum Gasteiger partial charge on any atom is -0.326 e. The van der Waals surface area contributed by atoms with Crippen molar-refractivity contribution in [2.75, 3.05) is 11.9 Å². The largest absolute Gasteiger partial charge is 0.326 e. The van der Waals surface area contributed by atoms with E-state index in [0.717, 1.165) is 24.3 Å². The molecule has 0 aliphatic rings. The molecule has 0 heterocycles. The Labute approximate surface area is 129 Å². The van der Waals surface area contributed by atoms with E-state index in [2.05, 4.69) is 37.5 Å². The highest BCUT2D eigenvalue weighted by Crippen LogP contribution is 2.23. The van der Waals surface area contributed by atoms with Gasteiger partial charge in [-0.1, -0.05) is 58.2 Å². The standard InChI is InChI=1S/C18H30N2O/c1-5-6-9-12-18(3,4)14-19-13-16-10-7-8-11-17(16)20-15(2)21/h7-8,10-11,19H,5-6,9,12-14H2,1-4H3,(H,20,21). The van der Waals surface area contributed by atoms with Crippen LogP contribution in [0.25, 0.3) is 0 Å². The van der Waals surface area contributed by atoms with Gasteiger partial charge in [-0.05, 0) is 23.5 Å². The number of benzene rings is 1. The van der Waals surface area contributed by atoms with Crippen molar-refractivity contribution in [3.8, 4) is 0 Å². The molecule has 1 amide bonds. The molecule has 0 bridgehead atoms. The molecule has 0 saturated carbocycles. The van der Waals surface area contributed by atoms with E-state index in [-0.39, 0.29) is 5.91 Å². The van der Waals surface area contributed by atoms with Crippen LogP contribution in [0.3, 0.4) is 0 Å². The lowest BCUT2D eigenvalue weighted by molar-refractivity contribution is -0.114. The van der Waals surface area contributed by atoms with Crippen molar-refractivity contribution >= 4 is 11.6 Å². The lowest BCUT2D eigenvalue weighted by Crippen LogP contribution is -2.29. The van der Waals surface area contributed by atoms with Gasteiger partial charge in [0.25, 0.3) is 0 Å². The number of amides is 1. The first-order valence-corrected chi connectivity index (χ1v) is 8.01. The molecule has 0 spiro atoms. The van der Waals surface area contributed by atoms with Crippen LogP contribution in [-0.2, 0) is 11.3 Å². The Bertz CT molecular complexity index is 441. The second-order valence-electron chi connectivity index (χ2n) is 6.56. The number of hydrogen-bond acceptors (Lipinski definition) is 2. The lowest BCUT2D eigenvalue weighted by atomic mass is 9.87. The van der Waals surface area contributed by atoms with E-state index < -0.39 is 0 Å². The van der Waals surface area contributed by atoms with Crippen molar-refractivity contribution in [2.24, 2.45) is 5.41 Å². The summed E-state index contributed by atoms with van der Waals surface area (Å²) in [4.78, 5) is 11.2. The number of para-hydroxylation sites is 1. The summed E-state index contributed by atoms with van der Waals surface area (Å²) >= 11 is 0. The molecule has 1 aromatic carbocycles. The summed E-state index contributed by atoms with van der Waals surface area (Å²) in [5.41, 5.74) is 2.36. The predicted octanol–water partition coefficient (Wildman–Crippen LogP) is 4.34. The molecule has 3 nitrogen and oxygen atoms in total. The average molecular weight is 290 g/mol. The predicted molar refractivity (Wildman–Crippen MR) is 90.4 cm³/mol. The highest BCUT2D eigenvalue weighted by molar-refractivity contribution is 5.89. The van der Waals surface area contributed by atoms with E-state index in [1.54, 1.807) is 6.92 Å². The van der Waals surface area contributed by atoms with Crippen LogP contribution in [0.2, 0.25) is 0 Å². The number of carbonyl (C=O) groups excluding carboxylic acids is 1. The average Bonchev–Trinajstić information content (AvgIpc) is 2.40. The summed E-state index contributed by atoms with van der Waals surface area (Å²) in [5.74, 6) is -0.0256. The van der Waals surface area contributed by atoms with Crippen molar-refractivity contribution in [2.45, 2.75) is 59.9 Å². The molecule has 0 atom stereocenters. The first kappa shape index (κ1) is 17.7. The van der Waals surface area contributed by atoms with E-state index in [1.807, 2.05) is 18.2 Å². The molecule has 0 aliphatic heterocycles. The van der Waals surface area contributed by atoms with Crippen LogP contribution < -0.4 is 10.6 Å². The smallest absolute Gasteiger partial charge is 0.221 e. The number of anilines is 1. The molecule has 0 unspecified atom stereocenters. The Morgan fingerprint density at radius 3 is 2.57 bits per heavy atom. The van der Waals surface area contributed by atoms with Gasteiger partial charge >= 0.3 is 0 Å². The Kier molecular flexibility index (Phi) is 7.44. The van der Waals surface area contributed by atoms with Gasteiger partial charge in [0.1, 0.15) is 0 Å². The number of rotatable bonds is 9. The Balaban J connectivity index is 2.46. The van der Waals surface area contributed by atoms with Crippen LogP contribution in [0, 0.1) is 5.41 Å². The summed E-state index contributed by atoms with van der Waals surface area (Å²) in [6, 6.07) is 7.96. The van der Waals surface area contributed by atoms with Gasteiger partial charge in [-0.15, -0.1) is 0 Å².